The summed E-state index contributed by atoms with van der Waals surface area (Å²) in [4.78, 5) is 26.8. The van der Waals surface area contributed by atoms with Gasteiger partial charge < -0.3 is 10.6 Å². The zero-order valence-corrected chi connectivity index (χ0v) is 29.7. The van der Waals surface area contributed by atoms with Crippen molar-refractivity contribution in [2.75, 3.05) is 0 Å². The highest BCUT2D eigenvalue weighted by molar-refractivity contribution is 8.01. The number of hydrogen-bond acceptors (Lipinski definition) is 6. The summed E-state index contributed by atoms with van der Waals surface area (Å²) in [5.74, 6) is 6.34. The second-order valence-electron chi connectivity index (χ2n) is 17.5. The number of fused-ring (bicyclic) bond motifs is 2. The molecule has 3 heterocycles. The Balaban J connectivity index is 0.882. The lowest BCUT2D eigenvalue weighted by Crippen LogP contribution is -2.44. The number of amides is 2. The monoisotopic (exact) mass is 665 g/mol. The minimum absolute atomic E-state index is 0.0605. The van der Waals surface area contributed by atoms with Crippen molar-refractivity contribution in [3.8, 4) is 0 Å². The smallest absolute Gasteiger partial charge is 0.253 e. The molecule has 6 saturated carbocycles. The molecule has 12 unspecified atom stereocenters. The molecule has 0 spiro atoms. The normalized spacial score (nSPS) is 48.5. The number of nitrogens with one attached hydrogen (secondary N) is 2. The van der Waals surface area contributed by atoms with Gasteiger partial charge in [0.15, 0.2) is 0 Å². The Morgan fingerprint density at radius 2 is 0.978 bits per heavy atom. The Morgan fingerprint density at radius 1 is 0.500 bits per heavy atom. The molecule has 2 amide bonds. The zero-order chi connectivity index (χ0) is 30.8. The fourth-order valence-corrected chi connectivity index (χ4v) is 16.2. The minimum atomic E-state index is -0.0605. The molecular formula is C39H59N3O2S2. The van der Waals surface area contributed by atoms with Gasteiger partial charge in [0, 0.05) is 40.8 Å². The van der Waals surface area contributed by atoms with Gasteiger partial charge in [-0.25, -0.2) is 0 Å². The maximum Gasteiger partial charge on any atom is 0.253 e. The van der Waals surface area contributed by atoms with Crippen molar-refractivity contribution < 1.29 is 9.59 Å². The largest absolute Gasteiger partial charge is 0.301 e. The summed E-state index contributed by atoms with van der Waals surface area (Å²) in [7, 11) is 0. The molecule has 0 aromatic rings. The van der Waals surface area contributed by atoms with Crippen LogP contribution in [0.4, 0.5) is 0 Å². The van der Waals surface area contributed by atoms with E-state index >= 15 is 0 Å². The van der Waals surface area contributed by atoms with E-state index in [1.54, 1.807) is 4.90 Å². The molecule has 0 bridgehead atoms. The number of hydrogen-bond donors (Lipinski definition) is 2. The lowest BCUT2D eigenvalue weighted by atomic mass is 9.61. The first-order valence-corrected chi connectivity index (χ1v) is 21.8. The van der Waals surface area contributed by atoms with Gasteiger partial charge in [0.05, 0.1) is 10.7 Å². The Morgan fingerprint density at radius 3 is 1.48 bits per heavy atom. The Kier molecular flexibility index (Phi) is 9.12. The van der Waals surface area contributed by atoms with Crippen molar-refractivity contribution in [3.63, 3.8) is 0 Å². The Hall–Kier alpha value is -0.500. The molecule has 0 aromatic heterocycles. The fourth-order valence-electron chi connectivity index (χ4n) is 12.4. The quantitative estimate of drug-likeness (QED) is 0.282. The van der Waals surface area contributed by atoms with Gasteiger partial charge in [0.25, 0.3) is 11.8 Å². The third-order valence-electron chi connectivity index (χ3n) is 15.0. The number of imide groups is 1. The second kappa shape index (κ2) is 13.3. The molecule has 6 aliphatic carbocycles. The summed E-state index contributed by atoms with van der Waals surface area (Å²) in [6.45, 7) is 0. The fraction of sp³-hybridized carbons (Fsp3) is 0.897. The lowest BCUT2D eigenvalue weighted by Gasteiger charge is -2.46. The second-order valence-corrected chi connectivity index (χ2v) is 20.3. The average Bonchev–Trinajstić information content (AvgIpc) is 3.39. The third kappa shape index (κ3) is 6.21. The maximum absolute atomic E-state index is 12.6. The van der Waals surface area contributed by atoms with E-state index in [4.69, 9.17) is 0 Å². The number of carbonyl (C=O) groups excluding carboxylic acids is 2. The van der Waals surface area contributed by atoms with Gasteiger partial charge in [-0.3, -0.25) is 14.5 Å². The van der Waals surface area contributed by atoms with Crippen LogP contribution in [0.25, 0.3) is 0 Å². The van der Waals surface area contributed by atoms with Gasteiger partial charge in [-0.2, -0.15) is 0 Å². The van der Waals surface area contributed by atoms with Crippen LogP contribution in [0.5, 0.6) is 0 Å². The maximum atomic E-state index is 12.6. The SMILES string of the molecule is O=C1C=CC(=O)N1C1CC1C1CC(C2CCC3NC(C4CCCCC4)SC3C2)CC(C2CCC3NC(C4CCCCC4)SC3C2)C1. The molecule has 9 rings (SSSR count). The molecular weight excluding hydrogens is 607 g/mol. The van der Waals surface area contributed by atoms with E-state index in [1.807, 2.05) is 0 Å². The van der Waals surface area contributed by atoms with Crippen LogP contribution in [0.3, 0.4) is 0 Å². The average molecular weight is 666 g/mol. The van der Waals surface area contributed by atoms with Gasteiger partial charge in [-0.1, -0.05) is 38.5 Å². The molecule has 2 N–H and O–H groups in total. The predicted octanol–water partition coefficient (Wildman–Crippen LogP) is 7.89. The van der Waals surface area contributed by atoms with Crippen LogP contribution in [0.15, 0.2) is 12.2 Å². The molecule has 7 heteroatoms. The van der Waals surface area contributed by atoms with E-state index in [0.717, 1.165) is 64.5 Å². The van der Waals surface area contributed by atoms with E-state index < -0.39 is 0 Å². The van der Waals surface area contributed by atoms with Crippen LogP contribution in [0.1, 0.15) is 128 Å². The van der Waals surface area contributed by atoms with Crippen LogP contribution >= 0.6 is 23.5 Å². The Bertz CT molecular complexity index is 1090. The molecule has 3 aliphatic heterocycles. The van der Waals surface area contributed by atoms with E-state index in [2.05, 4.69) is 34.2 Å². The van der Waals surface area contributed by atoms with E-state index in [9.17, 15) is 9.59 Å². The van der Waals surface area contributed by atoms with Gasteiger partial charge in [0.2, 0.25) is 0 Å². The van der Waals surface area contributed by atoms with Crippen molar-refractivity contribution in [1.82, 2.24) is 15.5 Å². The highest BCUT2D eigenvalue weighted by atomic mass is 32.2. The van der Waals surface area contributed by atoms with E-state index in [1.165, 1.54) is 134 Å². The summed E-state index contributed by atoms with van der Waals surface area (Å²) in [6, 6.07) is 1.66. The molecule has 12 atom stereocenters. The molecule has 2 saturated heterocycles. The van der Waals surface area contributed by atoms with Crippen LogP contribution < -0.4 is 10.6 Å². The molecule has 0 aromatic carbocycles. The first-order chi connectivity index (χ1) is 22.6. The van der Waals surface area contributed by atoms with E-state index in [-0.39, 0.29) is 17.9 Å². The molecule has 254 valence electrons. The lowest BCUT2D eigenvalue weighted by molar-refractivity contribution is -0.137. The van der Waals surface area contributed by atoms with E-state index in [0.29, 0.717) is 22.6 Å². The summed E-state index contributed by atoms with van der Waals surface area (Å²) >= 11 is 4.70. The van der Waals surface area contributed by atoms with Gasteiger partial charge in [-0.05, 0) is 137 Å². The third-order valence-corrected chi connectivity index (χ3v) is 18.3. The highest BCUT2D eigenvalue weighted by Gasteiger charge is 2.54. The summed E-state index contributed by atoms with van der Waals surface area (Å²) in [5.41, 5.74) is 0. The van der Waals surface area contributed by atoms with Crippen molar-refractivity contribution in [2.24, 2.45) is 47.3 Å². The van der Waals surface area contributed by atoms with Crippen molar-refractivity contribution in [2.45, 2.75) is 168 Å². The number of carbonyl (C=O) groups is 2. The predicted molar refractivity (Wildman–Crippen MR) is 189 cm³/mol. The number of thioether (sulfide) groups is 2. The van der Waals surface area contributed by atoms with Crippen LogP contribution in [0, 0.1) is 47.3 Å². The standard InChI is InChI=1S/C39H59N3O2S2/c43-36-15-16-37(44)42(36)33-22-30(33)29-18-27(25-11-13-31-34(20-25)45-38(40-31)23-7-3-1-4-8-23)17-28(19-29)26-12-14-32-35(21-26)46-39(41-32)24-9-5-2-6-10-24/h15-16,23-35,38-41H,1-14,17-22H2. The highest BCUT2D eigenvalue weighted by Crippen LogP contribution is 2.57. The van der Waals surface area contributed by atoms with Crippen LogP contribution in [0.2, 0.25) is 0 Å². The molecule has 5 nitrogen and oxygen atoms in total. The minimum Gasteiger partial charge on any atom is -0.301 e. The Labute approximate surface area is 286 Å². The number of nitrogens with zero attached hydrogens (tertiary/aromatic N) is 1. The molecule has 46 heavy (non-hydrogen) atoms. The number of rotatable bonds is 6. The van der Waals surface area contributed by atoms with Gasteiger partial charge >= 0.3 is 0 Å². The topological polar surface area (TPSA) is 61.4 Å². The molecule has 8 fully saturated rings. The summed E-state index contributed by atoms with van der Waals surface area (Å²) in [6.07, 6.45) is 31.1. The van der Waals surface area contributed by atoms with Gasteiger partial charge in [0.1, 0.15) is 0 Å². The first kappa shape index (κ1) is 31.5. The van der Waals surface area contributed by atoms with Gasteiger partial charge in [-0.15, -0.1) is 23.5 Å². The zero-order valence-electron chi connectivity index (χ0n) is 28.0. The van der Waals surface area contributed by atoms with Crippen LogP contribution in [-0.2, 0) is 9.59 Å². The van der Waals surface area contributed by atoms with Crippen molar-refractivity contribution in [3.05, 3.63) is 12.2 Å². The van der Waals surface area contributed by atoms with Crippen molar-refractivity contribution >= 4 is 35.3 Å². The van der Waals surface area contributed by atoms with Crippen molar-refractivity contribution in [1.29, 1.82) is 0 Å². The molecule has 0 radical (unpaired) electrons. The van der Waals surface area contributed by atoms with Crippen LogP contribution in [-0.4, -0.2) is 56.1 Å². The molecule has 9 aliphatic rings. The summed E-state index contributed by atoms with van der Waals surface area (Å²) in [5, 5.41) is 11.4. The summed E-state index contributed by atoms with van der Waals surface area (Å²) < 4.78 is 0. The first-order valence-electron chi connectivity index (χ1n) is 20.0.